The van der Waals surface area contributed by atoms with Crippen molar-refractivity contribution in [2.45, 2.75) is 11.3 Å². The highest BCUT2D eigenvalue weighted by Crippen LogP contribution is 2.17. The lowest BCUT2D eigenvalue weighted by atomic mass is 10.1. The quantitative estimate of drug-likeness (QED) is 0.696. The Morgan fingerprint density at radius 3 is 2.52 bits per heavy atom. The molecule has 0 saturated heterocycles. The van der Waals surface area contributed by atoms with Crippen LogP contribution in [0.3, 0.4) is 0 Å². The van der Waals surface area contributed by atoms with Gasteiger partial charge in [0.25, 0.3) is 0 Å². The molecule has 0 saturated carbocycles. The lowest BCUT2D eigenvalue weighted by Gasteiger charge is -2.17. The van der Waals surface area contributed by atoms with E-state index in [9.17, 15) is 17.6 Å². The summed E-state index contributed by atoms with van der Waals surface area (Å²) >= 11 is 3.10. The minimum Gasteiger partial charge on any atom is -0.355 e. The SMILES string of the molecule is CN(CC(=O)NCCc1ccc(F)c(Br)c1)S(=O)(=O)c1ccc(C#N)cc1. The van der Waals surface area contributed by atoms with E-state index in [-0.39, 0.29) is 17.3 Å². The number of amides is 1. The van der Waals surface area contributed by atoms with Crippen molar-refractivity contribution in [3.8, 4) is 6.07 Å². The summed E-state index contributed by atoms with van der Waals surface area (Å²) in [5, 5.41) is 11.4. The van der Waals surface area contributed by atoms with Gasteiger partial charge in [-0.1, -0.05) is 6.07 Å². The van der Waals surface area contributed by atoms with Gasteiger partial charge in [-0.15, -0.1) is 0 Å². The normalized spacial score (nSPS) is 11.2. The standard InChI is InChI=1S/C18H17BrFN3O3S/c1-23(27(25,26)15-5-2-14(11-21)3-6-15)12-18(24)22-9-8-13-4-7-17(20)16(19)10-13/h2-7,10H,8-9,12H2,1H3,(H,22,24). The Labute approximate surface area is 165 Å². The molecule has 0 aliphatic carbocycles. The van der Waals surface area contributed by atoms with Crippen molar-refractivity contribution < 1.29 is 17.6 Å². The highest BCUT2D eigenvalue weighted by atomic mass is 79.9. The minimum atomic E-state index is -3.83. The largest absolute Gasteiger partial charge is 0.355 e. The van der Waals surface area contributed by atoms with Crippen molar-refractivity contribution in [1.29, 1.82) is 5.26 Å². The van der Waals surface area contributed by atoms with E-state index in [1.165, 1.54) is 37.4 Å². The first-order chi connectivity index (χ1) is 12.7. The molecule has 2 rings (SSSR count). The van der Waals surface area contributed by atoms with Crippen LogP contribution in [0.5, 0.6) is 0 Å². The van der Waals surface area contributed by atoms with Crippen LogP contribution in [0.15, 0.2) is 51.8 Å². The van der Waals surface area contributed by atoms with Gasteiger partial charge < -0.3 is 5.32 Å². The Morgan fingerprint density at radius 1 is 1.26 bits per heavy atom. The molecule has 0 radical (unpaired) electrons. The second-order valence-electron chi connectivity index (χ2n) is 5.75. The summed E-state index contributed by atoms with van der Waals surface area (Å²) in [6, 6.07) is 12.0. The lowest BCUT2D eigenvalue weighted by molar-refractivity contribution is -0.121. The highest BCUT2D eigenvalue weighted by molar-refractivity contribution is 9.10. The van der Waals surface area contributed by atoms with Gasteiger partial charge in [0.15, 0.2) is 0 Å². The molecule has 0 heterocycles. The van der Waals surface area contributed by atoms with E-state index in [0.29, 0.717) is 23.0 Å². The zero-order valence-electron chi connectivity index (χ0n) is 14.4. The third kappa shape index (κ3) is 5.60. The molecule has 6 nitrogen and oxygen atoms in total. The Balaban J connectivity index is 1.90. The maximum absolute atomic E-state index is 13.2. The highest BCUT2D eigenvalue weighted by Gasteiger charge is 2.22. The number of carbonyl (C=O) groups is 1. The van der Waals surface area contributed by atoms with Crippen LogP contribution in [0.25, 0.3) is 0 Å². The first-order valence-corrected chi connectivity index (χ1v) is 10.1. The van der Waals surface area contributed by atoms with Gasteiger partial charge in [-0.3, -0.25) is 4.79 Å². The average Bonchev–Trinajstić information content (AvgIpc) is 2.64. The summed E-state index contributed by atoms with van der Waals surface area (Å²) in [4.78, 5) is 12.0. The van der Waals surface area contributed by atoms with Gasteiger partial charge in [-0.05, 0) is 64.3 Å². The zero-order chi connectivity index (χ0) is 20.0. The number of carbonyl (C=O) groups excluding carboxylic acids is 1. The fourth-order valence-corrected chi connectivity index (χ4v) is 3.82. The topological polar surface area (TPSA) is 90.3 Å². The molecule has 1 amide bonds. The molecule has 2 aromatic carbocycles. The molecule has 27 heavy (non-hydrogen) atoms. The molecule has 0 fully saturated rings. The van der Waals surface area contributed by atoms with E-state index in [1.54, 1.807) is 12.1 Å². The number of hydrogen-bond donors (Lipinski definition) is 1. The summed E-state index contributed by atoms with van der Waals surface area (Å²) in [5.41, 5.74) is 1.18. The van der Waals surface area contributed by atoms with Crippen molar-refractivity contribution in [2.75, 3.05) is 20.1 Å². The first kappa shape index (κ1) is 21.0. The van der Waals surface area contributed by atoms with Crippen LogP contribution in [0.4, 0.5) is 4.39 Å². The van der Waals surface area contributed by atoms with Crippen molar-refractivity contribution in [3.63, 3.8) is 0 Å². The number of benzene rings is 2. The fourth-order valence-electron chi connectivity index (χ4n) is 2.27. The lowest BCUT2D eigenvalue weighted by Crippen LogP contribution is -2.39. The predicted octanol–water partition coefficient (Wildman–Crippen LogP) is 2.44. The van der Waals surface area contributed by atoms with E-state index in [2.05, 4.69) is 21.2 Å². The second kappa shape index (κ2) is 9.08. The van der Waals surface area contributed by atoms with Crippen molar-refractivity contribution in [1.82, 2.24) is 9.62 Å². The number of nitrogens with zero attached hydrogens (tertiary/aromatic N) is 2. The van der Waals surface area contributed by atoms with Crippen LogP contribution in [0.1, 0.15) is 11.1 Å². The monoisotopic (exact) mass is 453 g/mol. The maximum Gasteiger partial charge on any atom is 0.243 e. The van der Waals surface area contributed by atoms with Crippen LogP contribution in [-0.2, 0) is 21.2 Å². The van der Waals surface area contributed by atoms with Crippen molar-refractivity contribution >= 4 is 31.9 Å². The summed E-state index contributed by atoms with van der Waals surface area (Å²) in [6.45, 7) is -0.0445. The third-order valence-electron chi connectivity index (χ3n) is 3.78. The maximum atomic E-state index is 13.2. The molecule has 0 aliphatic heterocycles. The Kier molecular flexibility index (Phi) is 7.07. The van der Waals surface area contributed by atoms with Gasteiger partial charge in [0.1, 0.15) is 5.82 Å². The second-order valence-corrected chi connectivity index (χ2v) is 8.64. The molecule has 2 aromatic rings. The number of hydrogen-bond acceptors (Lipinski definition) is 4. The Morgan fingerprint density at radius 2 is 1.93 bits per heavy atom. The van der Waals surface area contributed by atoms with Gasteiger partial charge in [-0.2, -0.15) is 9.57 Å². The number of halogens is 2. The molecule has 0 spiro atoms. The number of nitriles is 1. The third-order valence-corrected chi connectivity index (χ3v) is 6.20. The minimum absolute atomic E-state index is 0.00737. The summed E-state index contributed by atoms with van der Waals surface area (Å²) in [6.07, 6.45) is 0.483. The molecule has 9 heteroatoms. The van der Waals surface area contributed by atoms with E-state index >= 15 is 0 Å². The van der Waals surface area contributed by atoms with Crippen LogP contribution < -0.4 is 5.32 Å². The molecule has 0 atom stereocenters. The molecular formula is C18H17BrFN3O3S. The van der Waals surface area contributed by atoms with E-state index < -0.39 is 15.9 Å². The van der Waals surface area contributed by atoms with Crippen molar-refractivity contribution in [3.05, 3.63) is 63.9 Å². The summed E-state index contributed by atoms with van der Waals surface area (Å²) < 4.78 is 39.4. The van der Waals surface area contributed by atoms with Gasteiger partial charge in [0.05, 0.1) is 27.5 Å². The van der Waals surface area contributed by atoms with E-state index in [1.807, 2.05) is 6.07 Å². The van der Waals surface area contributed by atoms with Gasteiger partial charge in [0.2, 0.25) is 15.9 Å². The van der Waals surface area contributed by atoms with Crippen LogP contribution >= 0.6 is 15.9 Å². The van der Waals surface area contributed by atoms with E-state index in [4.69, 9.17) is 5.26 Å². The average molecular weight is 454 g/mol. The van der Waals surface area contributed by atoms with Crippen molar-refractivity contribution in [2.24, 2.45) is 0 Å². The summed E-state index contributed by atoms with van der Waals surface area (Å²) in [7, 11) is -2.52. The van der Waals surface area contributed by atoms with Crippen LogP contribution in [-0.4, -0.2) is 38.8 Å². The molecule has 1 N–H and O–H groups in total. The van der Waals surface area contributed by atoms with E-state index in [0.717, 1.165) is 9.87 Å². The van der Waals surface area contributed by atoms with Gasteiger partial charge in [0, 0.05) is 13.6 Å². The molecular weight excluding hydrogens is 437 g/mol. The smallest absolute Gasteiger partial charge is 0.243 e. The summed E-state index contributed by atoms with van der Waals surface area (Å²) in [5.74, 6) is -0.812. The Bertz CT molecular complexity index is 972. The first-order valence-electron chi connectivity index (χ1n) is 7.91. The Hall–Kier alpha value is -2.28. The number of nitrogens with one attached hydrogen (secondary N) is 1. The zero-order valence-corrected chi connectivity index (χ0v) is 16.8. The number of likely N-dealkylation sites (N-methyl/N-ethyl adjacent to an activating group) is 1. The van der Waals surface area contributed by atoms with Crippen LogP contribution in [0, 0.1) is 17.1 Å². The molecule has 0 unspecified atom stereocenters. The van der Waals surface area contributed by atoms with Crippen LogP contribution in [0.2, 0.25) is 0 Å². The predicted molar refractivity (Wildman–Crippen MR) is 102 cm³/mol. The molecule has 142 valence electrons. The fraction of sp³-hybridized carbons (Fsp3) is 0.222. The molecule has 0 aliphatic rings. The van der Waals surface area contributed by atoms with Gasteiger partial charge in [-0.25, -0.2) is 12.8 Å². The molecule has 0 aromatic heterocycles. The van der Waals surface area contributed by atoms with Gasteiger partial charge >= 0.3 is 0 Å². The number of rotatable bonds is 7. The number of sulfonamides is 1. The molecule has 0 bridgehead atoms.